The average molecular weight is 509 g/mol. The molecule has 0 spiro atoms. The van der Waals surface area contributed by atoms with Crippen molar-refractivity contribution in [2.75, 3.05) is 18.4 Å². The molecule has 0 saturated heterocycles. The lowest BCUT2D eigenvalue weighted by Crippen LogP contribution is -2.36. The van der Waals surface area contributed by atoms with Crippen molar-refractivity contribution in [3.63, 3.8) is 0 Å². The predicted molar refractivity (Wildman–Crippen MR) is 134 cm³/mol. The summed E-state index contributed by atoms with van der Waals surface area (Å²) in [6.07, 6.45) is 0.548. The summed E-state index contributed by atoms with van der Waals surface area (Å²) in [5.41, 5.74) is 6.50. The van der Waals surface area contributed by atoms with E-state index in [9.17, 15) is 19.1 Å². The van der Waals surface area contributed by atoms with Gasteiger partial charge in [0.05, 0.1) is 22.4 Å². The van der Waals surface area contributed by atoms with Gasteiger partial charge in [0.25, 0.3) is 11.8 Å². The van der Waals surface area contributed by atoms with Gasteiger partial charge >= 0.3 is 0 Å². The van der Waals surface area contributed by atoms with E-state index in [1.165, 1.54) is 41.2 Å². The van der Waals surface area contributed by atoms with Gasteiger partial charge in [-0.3, -0.25) is 14.6 Å². The van der Waals surface area contributed by atoms with Gasteiger partial charge in [-0.2, -0.15) is 5.10 Å². The van der Waals surface area contributed by atoms with Crippen molar-refractivity contribution in [1.29, 1.82) is 0 Å². The number of rotatable bonds is 8. The highest BCUT2D eigenvalue weighted by Gasteiger charge is 2.20. The lowest BCUT2D eigenvalue weighted by molar-refractivity contribution is 0.0914. The number of nitrogens with one attached hydrogen (secondary N) is 2. The van der Waals surface area contributed by atoms with Crippen LogP contribution >= 0.6 is 11.6 Å². The zero-order chi connectivity index (χ0) is 25.7. The van der Waals surface area contributed by atoms with Crippen LogP contribution in [0, 0.1) is 5.82 Å². The van der Waals surface area contributed by atoms with Gasteiger partial charge in [0.2, 0.25) is 0 Å². The Hall–Kier alpha value is -4.12. The maximum atomic E-state index is 14.2. The topological polar surface area (TPSA) is 135 Å². The molecule has 9 nitrogen and oxygen atoms in total. The number of amides is 2. The van der Waals surface area contributed by atoms with Crippen molar-refractivity contribution in [3.05, 3.63) is 95.0 Å². The molecule has 11 heteroatoms. The molecule has 1 unspecified atom stereocenters. The van der Waals surface area contributed by atoms with E-state index in [1.807, 2.05) is 6.07 Å². The molecule has 1 atom stereocenters. The highest BCUT2D eigenvalue weighted by atomic mass is 35.5. The summed E-state index contributed by atoms with van der Waals surface area (Å²) in [5, 5.41) is 19.4. The van der Waals surface area contributed by atoms with Crippen molar-refractivity contribution in [2.45, 2.75) is 6.10 Å². The SMILES string of the molecule is NCC(O)CNC(=O)c1cc(NC(=O)c2cc(-c3ncccc3F)ccc2Cl)n(-c2ccccc2)n1. The van der Waals surface area contributed by atoms with Gasteiger partial charge in [0, 0.05) is 30.9 Å². The number of para-hydroxylation sites is 1. The summed E-state index contributed by atoms with van der Waals surface area (Å²) < 4.78 is 15.6. The minimum Gasteiger partial charge on any atom is -0.390 e. The monoisotopic (exact) mass is 508 g/mol. The van der Waals surface area contributed by atoms with Crippen LogP contribution in [0.4, 0.5) is 10.2 Å². The third kappa shape index (κ3) is 5.57. The van der Waals surface area contributed by atoms with E-state index in [-0.39, 0.29) is 40.9 Å². The van der Waals surface area contributed by atoms with Crippen LogP contribution < -0.4 is 16.4 Å². The predicted octanol–water partition coefficient (Wildman–Crippen LogP) is 3.03. The maximum absolute atomic E-state index is 14.2. The molecule has 0 aliphatic rings. The fourth-order valence-corrected chi connectivity index (χ4v) is 3.56. The highest BCUT2D eigenvalue weighted by Crippen LogP contribution is 2.27. The number of anilines is 1. The number of aliphatic hydroxyl groups excluding tert-OH is 1. The molecule has 0 fully saturated rings. The van der Waals surface area contributed by atoms with E-state index in [4.69, 9.17) is 17.3 Å². The number of halogens is 2. The molecule has 5 N–H and O–H groups in total. The zero-order valence-electron chi connectivity index (χ0n) is 18.9. The number of nitrogens with two attached hydrogens (primary N) is 1. The average Bonchev–Trinajstić information content (AvgIpc) is 3.32. The highest BCUT2D eigenvalue weighted by molar-refractivity contribution is 6.34. The molecule has 184 valence electrons. The Labute approximate surface area is 210 Å². The molecular weight excluding hydrogens is 487 g/mol. The van der Waals surface area contributed by atoms with Crippen LogP contribution in [0.5, 0.6) is 0 Å². The standard InChI is InChI=1S/C25H22ClFN6O3/c26-19-9-8-15(23-20(27)7-4-10-29-23)11-18(19)24(35)31-22-12-21(25(36)30-14-17(34)13-28)32-33(22)16-5-2-1-3-6-16/h1-12,17,34H,13-14,28H2,(H,30,36)(H,31,35). The second-order valence-electron chi connectivity index (χ2n) is 7.74. The van der Waals surface area contributed by atoms with Crippen molar-refractivity contribution in [3.8, 4) is 16.9 Å². The molecule has 0 saturated carbocycles. The molecule has 2 amide bonds. The summed E-state index contributed by atoms with van der Waals surface area (Å²) in [4.78, 5) is 29.9. The van der Waals surface area contributed by atoms with Gasteiger partial charge in [-0.15, -0.1) is 0 Å². The van der Waals surface area contributed by atoms with Crippen LogP contribution in [-0.2, 0) is 0 Å². The summed E-state index contributed by atoms with van der Waals surface area (Å²) in [6.45, 7) is -0.0655. The van der Waals surface area contributed by atoms with Gasteiger partial charge in [-0.05, 0) is 36.4 Å². The zero-order valence-corrected chi connectivity index (χ0v) is 19.6. The van der Waals surface area contributed by atoms with Crippen molar-refractivity contribution in [2.24, 2.45) is 5.73 Å². The number of aromatic nitrogens is 3. The molecule has 4 aromatic rings. The molecule has 2 aromatic heterocycles. The van der Waals surface area contributed by atoms with Crippen LogP contribution in [0.3, 0.4) is 0 Å². The Balaban J connectivity index is 1.66. The minimum absolute atomic E-state index is 0.00813. The van der Waals surface area contributed by atoms with Crippen LogP contribution in [0.2, 0.25) is 5.02 Å². The maximum Gasteiger partial charge on any atom is 0.271 e. The Morgan fingerprint density at radius 1 is 1.08 bits per heavy atom. The third-order valence-corrected chi connectivity index (χ3v) is 5.53. The molecule has 2 aromatic carbocycles. The van der Waals surface area contributed by atoms with Gasteiger partial charge < -0.3 is 21.5 Å². The molecular formula is C25H22ClFN6O3. The first kappa shape index (κ1) is 25.0. The smallest absolute Gasteiger partial charge is 0.271 e. The molecule has 0 radical (unpaired) electrons. The first-order chi connectivity index (χ1) is 17.4. The minimum atomic E-state index is -0.900. The number of nitrogens with zero attached hydrogens (tertiary/aromatic N) is 3. The number of benzene rings is 2. The van der Waals surface area contributed by atoms with Gasteiger partial charge in [0.1, 0.15) is 17.3 Å². The van der Waals surface area contributed by atoms with Crippen LogP contribution in [0.25, 0.3) is 16.9 Å². The second-order valence-corrected chi connectivity index (χ2v) is 8.15. The van der Waals surface area contributed by atoms with Crippen LogP contribution in [-0.4, -0.2) is 50.9 Å². The summed E-state index contributed by atoms with van der Waals surface area (Å²) in [6, 6.07) is 17.5. The number of pyridine rings is 1. The van der Waals surface area contributed by atoms with Gasteiger partial charge in [-0.1, -0.05) is 35.9 Å². The Morgan fingerprint density at radius 3 is 2.58 bits per heavy atom. The van der Waals surface area contributed by atoms with Crippen molar-refractivity contribution < 1.29 is 19.1 Å². The van der Waals surface area contributed by atoms with E-state index < -0.39 is 23.7 Å². The van der Waals surface area contributed by atoms with Crippen LogP contribution in [0.15, 0.2) is 72.9 Å². The third-order valence-electron chi connectivity index (χ3n) is 5.20. The van der Waals surface area contributed by atoms with Gasteiger partial charge in [-0.25, -0.2) is 9.07 Å². The Kier molecular flexibility index (Phi) is 7.69. The molecule has 4 rings (SSSR count). The fraction of sp³-hybridized carbons (Fsp3) is 0.120. The lowest BCUT2D eigenvalue weighted by atomic mass is 10.1. The number of carbonyl (C=O) groups is 2. The van der Waals surface area contributed by atoms with E-state index >= 15 is 0 Å². The number of carbonyl (C=O) groups excluding carboxylic acids is 2. The first-order valence-electron chi connectivity index (χ1n) is 10.9. The van der Waals surface area contributed by atoms with Crippen LogP contribution in [0.1, 0.15) is 20.8 Å². The molecule has 0 aliphatic heterocycles. The Bertz CT molecular complexity index is 1400. The Morgan fingerprint density at radius 2 is 1.86 bits per heavy atom. The normalized spacial score (nSPS) is 11.7. The van der Waals surface area contributed by atoms with Crippen molar-refractivity contribution in [1.82, 2.24) is 20.1 Å². The van der Waals surface area contributed by atoms with E-state index in [2.05, 4.69) is 20.7 Å². The number of hydrogen-bond donors (Lipinski definition) is 4. The van der Waals surface area contributed by atoms with E-state index in [0.717, 1.165) is 0 Å². The fourth-order valence-electron chi connectivity index (χ4n) is 3.36. The molecule has 2 heterocycles. The number of hydrogen-bond acceptors (Lipinski definition) is 6. The van der Waals surface area contributed by atoms with E-state index in [0.29, 0.717) is 11.3 Å². The van der Waals surface area contributed by atoms with E-state index in [1.54, 1.807) is 30.3 Å². The van der Waals surface area contributed by atoms with Gasteiger partial charge in [0.15, 0.2) is 5.69 Å². The summed E-state index contributed by atoms with van der Waals surface area (Å²) in [5.74, 6) is -1.50. The molecule has 36 heavy (non-hydrogen) atoms. The largest absolute Gasteiger partial charge is 0.390 e. The molecule has 0 aliphatic carbocycles. The lowest BCUT2D eigenvalue weighted by Gasteiger charge is -2.11. The number of aliphatic hydroxyl groups is 1. The summed E-state index contributed by atoms with van der Waals surface area (Å²) in [7, 11) is 0. The second kappa shape index (κ2) is 11.1. The molecule has 0 bridgehead atoms. The quantitative estimate of drug-likeness (QED) is 0.289. The van der Waals surface area contributed by atoms with Crippen molar-refractivity contribution >= 4 is 29.2 Å². The summed E-state index contributed by atoms with van der Waals surface area (Å²) >= 11 is 6.29. The first-order valence-corrected chi connectivity index (χ1v) is 11.3.